The quantitative estimate of drug-likeness (QED) is 0.836. The Morgan fingerprint density at radius 1 is 1.20 bits per heavy atom. The fourth-order valence-corrected chi connectivity index (χ4v) is 3.10. The van der Waals surface area contributed by atoms with E-state index >= 15 is 0 Å². The molecular formula is C19H22N2O4. The lowest BCUT2D eigenvalue weighted by molar-refractivity contribution is -0.139. The van der Waals surface area contributed by atoms with Crippen molar-refractivity contribution in [1.29, 1.82) is 0 Å². The van der Waals surface area contributed by atoms with Crippen molar-refractivity contribution in [2.45, 2.75) is 25.0 Å². The van der Waals surface area contributed by atoms with E-state index in [-0.39, 0.29) is 6.61 Å². The molecule has 3 rings (SSSR count). The number of ether oxygens (including phenoxy) is 1. The van der Waals surface area contributed by atoms with Gasteiger partial charge in [-0.15, -0.1) is 0 Å². The second-order valence-corrected chi connectivity index (χ2v) is 6.38. The van der Waals surface area contributed by atoms with Crippen molar-refractivity contribution >= 4 is 5.97 Å². The number of hydrogen-bond acceptors (Lipinski definition) is 5. The standard InChI is InChI=1S/C19H22N2O4/c22-18(23)14-25-17-5-3-15(4-6-17)13-21-10-7-19(24,8-11-21)16-2-1-9-20-12-16/h1-6,9,12,24H,7-8,10-11,13-14H2,(H,22,23). The van der Waals surface area contributed by atoms with Crippen LogP contribution < -0.4 is 4.74 Å². The lowest BCUT2D eigenvalue weighted by Gasteiger charge is -2.38. The zero-order valence-corrected chi connectivity index (χ0v) is 14.0. The van der Waals surface area contributed by atoms with Crippen LogP contribution in [0.4, 0.5) is 0 Å². The molecule has 6 nitrogen and oxygen atoms in total. The summed E-state index contributed by atoms with van der Waals surface area (Å²) in [6.07, 6.45) is 4.81. The van der Waals surface area contributed by atoms with Crippen molar-refractivity contribution in [3.63, 3.8) is 0 Å². The number of pyridine rings is 1. The van der Waals surface area contributed by atoms with E-state index in [2.05, 4.69) is 9.88 Å². The molecule has 1 aromatic heterocycles. The minimum atomic E-state index is -0.988. The maximum atomic E-state index is 10.8. The number of hydrogen-bond donors (Lipinski definition) is 2. The normalized spacial score (nSPS) is 17.2. The van der Waals surface area contributed by atoms with Gasteiger partial charge in [0, 0.05) is 37.6 Å². The van der Waals surface area contributed by atoms with Gasteiger partial charge < -0.3 is 14.9 Å². The lowest BCUT2D eigenvalue weighted by Crippen LogP contribution is -2.42. The average Bonchev–Trinajstić information content (AvgIpc) is 2.64. The highest BCUT2D eigenvalue weighted by Gasteiger charge is 2.33. The first kappa shape index (κ1) is 17.4. The number of likely N-dealkylation sites (tertiary alicyclic amines) is 1. The van der Waals surface area contributed by atoms with Crippen LogP contribution in [0.15, 0.2) is 48.8 Å². The summed E-state index contributed by atoms with van der Waals surface area (Å²) < 4.78 is 5.14. The van der Waals surface area contributed by atoms with Gasteiger partial charge in [-0.25, -0.2) is 4.79 Å². The van der Waals surface area contributed by atoms with Crippen LogP contribution in [0.2, 0.25) is 0 Å². The van der Waals surface area contributed by atoms with Gasteiger partial charge in [0.25, 0.3) is 0 Å². The Kier molecular flexibility index (Phi) is 5.31. The van der Waals surface area contributed by atoms with E-state index < -0.39 is 11.6 Å². The third-order valence-electron chi connectivity index (χ3n) is 4.57. The molecular weight excluding hydrogens is 320 g/mol. The highest BCUT2D eigenvalue weighted by atomic mass is 16.5. The maximum absolute atomic E-state index is 10.8. The minimum Gasteiger partial charge on any atom is -0.482 e. The first-order valence-electron chi connectivity index (χ1n) is 8.34. The molecule has 1 fully saturated rings. The Morgan fingerprint density at radius 3 is 2.52 bits per heavy atom. The van der Waals surface area contributed by atoms with Gasteiger partial charge in [0.1, 0.15) is 5.75 Å². The Hall–Kier alpha value is -2.44. The number of benzene rings is 1. The van der Waals surface area contributed by atoms with Gasteiger partial charge in [-0.1, -0.05) is 18.2 Å². The van der Waals surface area contributed by atoms with Gasteiger partial charge in [0.2, 0.25) is 0 Å². The molecule has 0 saturated carbocycles. The number of carboxylic acid groups (broad SMARTS) is 1. The molecule has 0 radical (unpaired) electrons. The summed E-state index contributed by atoms with van der Waals surface area (Å²) in [5.74, 6) is -0.436. The zero-order chi connectivity index (χ0) is 17.7. The summed E-state index contributed by atoms with van der Waals surface area (Å²) >= 11 is 0. The second kappa shape index (κ2) is 7.63. The van der Waals surface area contributed by atoms with Gasteiger partial charge in [0.15, 0.2) is 6.61 Å². The van der Waals surface area contributed by atoms with Crippen LogP contribution in [0.25, 0.3) is 0 Å². The maximum Gasteiger partial charge on any atom is 0.341 e. The largest absolute Gasteiger partial charge is 0.482 e. The van der Waals surface area contributed by atoms with Gasteiger partial charge in [0.05, 0.1) is 5.60 Å². The molecule has 25 heavy (non-hydrogen) atoms. The van der Waals surface area contributed by atoms with Crippen LogP contribution in [0, 0.1) is 0 Å². The van der Waals surface area contributed by atoms with Crippen molar-refractivity contribution in [1.82, 2.24) is 9.88 Å². The van der Waals surface area contributed by atoms with Gasteiger partial charge in [-0.3, -0.25) is 9.88 Å². The van der Waals surface area contributed by atoms with E-state index in [1.807, 2.05) is 24.3 Å². The highest BCUT2D eigenvalue weighted by molar-refractivity contribution is 5.68. The SMILES string of the molecule is O=C(O)COc1ccc(CN2CCC(O)(c3cccnc3)CC2)cc1. The van der Waals surface area contributed by atoms with Crippen molar-refractivity contribution in [2.75, 3.05) is 19.7 Å². The van der Waals surface area contributed by atoms with Crippen LogP contribution in [-0.2, 0) is 16.9 Å². The Morgan fingerprint density at radius 2 is 1.92 bits per heavy atom. The summed E-state index contributed by atoms with van der Waals surface area (Å²) in [5, 5.41) is 19.4. The number of piperidine rings is 1. The van der Waals surface area contributed by atoms with Crippen LogP contribution in [0.5, 0.6) is 5.75 Å². The number of carboxylic acids is 1. The Labute approximate surface area is 146 Å². The van der Waals surface area contributed by atoms with E-state index in [0.717, 1.165) is 30.8 Å². The molecule has 0 aliphatic carbocycles. The third-order valence-corrected chi connectivity index (χ3v) is 4.57. The summed E-state index contributed by atoms with van der Waals surface area (Å²) in [7, 11) is 0. The second-order valence-electron chi connectivity index (χ2n) is 6.38. The molecule has 2 heterocycles. The summed E-state index contributed by atoms with van der Waals surface area (Å²) in [5.41, 5.74) is 1.23. The van der Waals surface area contributed by atoms with Crippen LogP contribution in [0.3, 0.4) is 0 Å². The number of aliphatic carboxylic acids is 1. The molecule has 1 saturated heterocycles. The van der Waals surface area contributed by atoms with Crippen molar-refractivity contribution in [3.8, 4) is 5.75 Å². The summed E-state index contributed by atoms with van der Waals surface area (Å²) in [6.45, 7) is 2.08. The molecule has 132 valence electrons. The molecule has 0 amide bonds. The molecule has 0 atom stereocenters. The highest BCUT2D eigenvalue weighted by Crippen LogP contribution is 2.32. The number of rotatable bonds is 6. The van der Waals surface area contributed by atoms with Crippen LogP contribution in [0.1, 0.15) is 24.0 Å². The number of aromatic nitrogens is 1. The van der Waals surface area contributed by atoms with Crippen LogP contribution in [-0.4, -0.2) is 45.8 Å². The molecule has 0 unspecified atom stereocenters. The molecule has 2 N–H and O–H groups in total. The van der Waals surface area contributed by atoms with Crippen molar-refractivity contribution < 1.29 is 19.7 Å². The monoisotopic (exact) mass is 342 g/mol. The predicted molar refractivity (Wildman–Crippen MR) is 92.2 cm³/mol. The van der Waals surface area contributed by atoms with Crippen molar-refractivity contribution in [2.24, 2.45) is 0 Å². The van der Waals surface area contributed by atoms with Gasteiger partial charge >= 0.3 is 5.97 Å². The molecule has 6 heteroatoms. The number of nitrogens with zero attached hydrogens (tertiary/aromatic N) is 2. The Balaban J connectivity index is 1.53. The van der Waals surface area contributed by atoms with E-state index in [1.165, 1.54) is 0 Å². The topological polar surface area (TPSA) is 82.9 Å². The predicted octanol–water partition coefficient (Wildman–Crippen LogP) is 2.03. The molecule has 0 spiro atoms. The molecule has 2 aromatic rings. The Bertz CT molecular complexity index is 695. The fourth-order valence-electron chi connectivity index (χ4n) is 3.10. The molecule has 1 aromatic carbocycles. The van der Waals surface area contributed by atoms with E-state index in [0.29, 0.717) is 18.6 Å². The molecule has 1 aliphatic rings. The fraction of sp³-hybridized carbons (Fsp3) is 0.368. The van der Waals surface area contributed by atoms with E-state index in [4.69, 9.17) is 9.84 Å². The van der Waals surface area contributed by atoms with Gasteiger partial charge in [-0.2, -0.15) is 0 Å². The average molecular weight is 342 g/mol. The smallest absolute Gasteiger partial charge is 0.341 e. The molecule has 1 aliphatic heterocycles. The minimum absolute atomic E-state index is 0.335. The van der Waals surface area contributed by atoms with Crippen LogP contribution >= 0.6 is 0 Å². The van der Waals surface area contributed by atoms with Gasteiger partial charge in [-0.05, 0) is 36.6 Å². The third kappa shape index (κ3) is 4.55. The summed E-state index contributed by atoms with van der Waals surface area (Å²) in [6, 6.07) is 11.2. The lowest BCUT2D eigenvalue weighted by atomic mass is 9.85. The number of carbonyl (C=O) groups is 1. The first-order chi connectivity index (χ1) is 12.0. The van der Waals surface area contributed by atoms with Crippen molar-refractivity contribution in [3.05, 3.63) is 59.9 Å². The molecule has 0 bridgehead atoms. The summed E-state index contributed by atoms with van der Waals surface area (Å²) in [4.78, 5) is 16.9. The number of aliphatic hydroxyl groups is 1. The zero-order valence-electron chi connectivity index (χ0n) is 14.0. The van der Waals surface area contributed by atoms with E-state index in [1.54, 1.807) is 24.5 Å². The first-order valence-corrected chi connectivity index (χ1v) is 8.34. The van der Waals surface area contributed by atoms with E-state index in [9.17, 15) is 9.90 Å².